The molecule has 0 bridgehead atoms. The maximum atomic E-state index is 11.4. The average Bonchev–Trinajstić information content (AvgIpc) is 2.70. The first kappa shape index (κ1) is 10.9. The molecule has 5 atom stereocenters. The summed E-state index contributed by atoms with van der Waals surface area (Å²) in [5.41, 5.74) is 5.70. The van der Waals surface area contributed by atoms with Gasteiger partial charge in [0, 0.05) is 6.04 Å². The Hall–Kier alpha value is -0.650. The Morgan fingerprint density at radius 2 is 2.33 bits per heavy atom. The van der Waals surface area contributed by atoms with E-state index in [4.69, 9.17) is 15.2 Å². The number of carbonyl (C=O) groups excluding carboxylic acids is 1. The minimum absolute atomic E-state index is 0.199. The molecule has 15 heavy (non-hydrogen) atoms. The zero-order valence-electron chi connectivity index (χ0n) is 8.76. The van der Waals surface area contributed by atoms with Crippen molar-refractivity contribution in [1.29, 1.82) is 0 Å². The highest BCUT2D eigenvalue weighted by atomic mass is 16.6. The smallest absolute Gasteiger partial charge is 0.335 e. The predicted octanol–water partition coefficient (Wildman–Crippen LogP) is -0.585. The summed E-state index contributed by atoms with van der Waals surface area (Å²) in [5, 5.41) is 9.70. The van der Waals surface area contributed by atoms with Crippen molar-refractivity contribution in [2.45, 2.75) is 44.1 Å². The van der Waals surface area contributed by atoms with Crippen LogP contribution in [0.15, 0.2) is 0 Å². The molecule has 86 valence electrons. The van der Waals surface area contributed by atoms with Crippen LogP contribution in [0.5, 0.6) is 0 Å². The lowest BCUT2D eigenvalue weighted by atomic mass is 10.0. The first-order chi connectivity index (χ1) is 7.13. The Morgan fingerprint density at radius 3 is 2.93 bits per heavy atom. The third-order valence-corrected chi connectivity index (χ3v) is 3.20. The SMILES string of the molecule is CCOC(=O)C1C[C@H]2C[C@H](N)[C@@H](O)[C@H]2O1. The number of aliphatic hydroxyl groups excluding tert-OH is 1. The summed E-state index contributed by atoms with van der Waals surface area (Å²) in [7, 11) is 0. The second-order valence-electron chi connectivity index (χ2n) is 4.23. The van der Waals surface area contributed by atoms with Gasteiger partial charge in [-0.2, -0.15) is 0 Å². The van der Waals surface area contributed by atoms with E-state index in [1.807, 2.05) is 0 Å². The lowest BCUT2D eigenvalue weighted by Gasteiger charge is -2.17. The summed E-state index contributed by atoms with van der Waals surface area (Å²) in [6.07, 6.45) is -0.0957. The molecular formula is C10H17NO4. The fourth-order valence-electron chi connectivity index (χ4n) is 2.47. The second kappa shape index (κ2) is 4.08. The van der Waals surface area contributed by atoms with Crippen LogP contribution in [0.2, 0.25) is 0 Å². The third-order valence-electron chi connectivity index (χ3n) is 3.20. The molecule has 1 unspecified atom stereocenters. The van der Waals surface area contributed by atoms with Crippen LogP contribution in [0.25, 0.3) is 0 Å². The highest BCUT2D eigenvalue weighted by Crippen LogP contribution is 2.38. The summed E-state index contributed by atoms with van der Waals surface area (Å²) in [4.78, 5) is 11.4. The molecule has 2 fully saturated rings. The quantitative estimate of drug-likeness (QED) is 0.602. The molecular weight excluding hydrogens is 198 g/mol. The molecule has 0 spiro atoms. The van der Waals surface area contributed by atoms with Crippen LogP contribution in [0.1, 0.15) is 19.8 Å². The van der Waals surface area contributed by atoms with Crippen molar-refractivity contribution < 1.29 is 19.4 Å². The molecule has 3 N–H and O–H groups in total. The van der Waals surface area contributed by atoms with Crippen LogP contribution in [-0.4, -0.2) is 42.0 Å². The molecule has 1 saturated carbocycles. The standard InChI is InChI=1S/C10H17NO4/c1-2-14-10(13)7-4-5-3-6(11)8(12)9(5)15-7/h5-9,12H,2-4,11H2,1H3/t5-,6+,7?,8-,9+/m1/s1. The summed E-state index contributed by atoms with van der Waals surface area (Å²) in [5.74, 6) is -0.128. The van der Waals surface area contributed by atoms with Gasteiger partial charge in [-0.15, -0.1) is 0 Å². The number of hydrogen-bond acceptors (Lipinski definition) is 5. The maximum Gasteiger partial charge on any atom is 0.335 e. The Balaban J connectivity index is 1.94. The normalized spacial score (nSPS) is 44.1. The van der Waals surface area contributed by atoms with Crippen LogP contribution in [-0.2, 0) is 14.3 Å². The van der Waals surface area contributed by atoms with Crippen molar-refractivity contribution in [3.8, 4) is 0 Å². The number of nitrogens with two attached hydrogens (primary N) is 1. The molecule has 5 nitrogen and oxygen atoms in total. The molecule has 0 aromatic rings. The van der Waals surface area contributed by atoms with Gasteiger partial charge < -0.3 is 20.3 Å². The van der Waals surface area contributed by atoms with Crippen LogP contribution in [0, 0.1) is 5.92 Å². The van der Waals surface area contributed by atoms with E-state index < -0.39 is 12.2 Å². The van der Waals surface area contributed by atoms with Gasteiger partial charge in [0.1, 0.15) is 0 Å². The van der Waals surface area contributed by atoms with E-state index in [1.165, 1.54) is 0 Å². The van der Waals surface area contributed by atoms with Gasteiger partial charge in [0.25, 0.3) is 0 Å². The van der Waals surface area contributed by atoms with Crippen LogP contribution >= 0.6 is 0 Å². The van der Waals surface area contributed by atoms with Crippen molar-refractivity contribution in [2.75, 3.05) is 6.61 Å². The summed E-state index contributed by atoms with van der Waals surface area (Å²) in [6.45, 7) is 2.12. The second-order valence-corrected chi connectivity index (χ2v) is 4.23. The molecule has 0 aromatic heterocycles. The van der Waals surface area contributed by atoms with Gasteiger partial charge in [-0.3, -0.25) is 0 Å². The van der Waals surface area contributed by atoms with Gasteiger partial charge in [0.2, 0.25) is 0 Å². The Kier molecular flexibility index (Phi) is 2.95. The van der Waals surface area contributed by atoms with Crippen molar-refractivity contribution in [1.82, 2.24) is 0 Å². The Labute approximate surface area is 88.5 Å². The van der Waals surface area contributed by atoms with Crippen LogP contribution in [0.3, 0.4) is 0 Å². The molecule has 0 amide bonds. The van der Waals surface area contributed by atoms with E-state index in [9.17, 15) is 9.90 Å². The van der Waals surface area contributed by atoms with Gasteiger partial charge in [0.05, 0.1) is 18.8 Å². The van der Waals surface area contributed by atoms with Crippen molar-refractivity contribution in [3.05, 3.63) is 0 Å². The molecule has 1 saturated heterocycles. The molecule has 0 radical (unpaired) electrons. The van der Waals surface area contributed by atoms with Crippen molar-refractivity contribution in [3.63, 3.8) is 0 Å². The molecule has 2 aliphatic rings. The monoisotopic (exact) mass is 215 g/mol. The van der Waals surface area contributed by atoms with Crippen molar-refractivity contribution >= 4 is 5.97 Å². The number of esters is 1. The average molecular weight is 215 g/mol. The van der Waals surface area contributed by atoms with E-state index in [0.29, 0.717) is 13.0 Å². The zero-order chi connectivity index (χ0) is 11.0. The van der Waals surface area contributed by atoms with Gasteiger partial charge in [-0.05, 0) is 25.7 Å². The minimum atomic E-state index is -0.644. The number of aliphatic hydroxyl groups is 1. The Morgan fingerprint density at radius 1 is 1.60 bits per heavy atom. The van der Waals surface area contributed by atoms with Gasteiger partial charge in [-0.1, -0.05) is 0 Å². The topological polar surface area (TPSA) is 81.8 Å². The van der Waals surface area contributed by atoms with E-state index in [0.717, 1.165) is 6.42 Å². The minimum Gasteiger partial charge on any atom is -0.464 e. The summed E-state index contributed by atoms with van der Waals surface area (Å²) < 4.78 is 10.4. The van der Waals surface area contributed by atoms with Crippen molar-refractivity contribution in [2.24, 2.45) is 11.7 Å². The van der Waals surface area contributed by atoms with E-state index in [1.54, 1.807) is 6.92 Å². The number of fused-ring (bicyclic) bond motifs is 1. The van der Waals surface area contributed by atoms with Crippen LogP contribution < -0.4 is 5.73 Å². The Bertz CT molecular complexity index is 258. The van der Waals surface area contributed by atoms with Crippen LogP contribution in [0.4, 0.5) is 0 Å². The van der Waals surface area contributed by atoms with E-state index in [2.05, 4.69) is 0 Å². The first-order valence-corrected chi connectivity index (χ1v) is 5.39. The maximum absolute atomic E-state index is 11.4. The van der Waals surface area contributed by atoms with Gasteiger partial charge in [-0.25, -0.2) is 4.79 Å². The molecule has 1 aliphatic carbocycles. The van der Waals surface area contributed by atoms with Gasteiger partial charge in [0.15, 0.2) is 6.10 Å². The lowest BCUT2D eigenvalue weighted by Crippen LogP contribution is -2.37. The zero-order valence-corrected chi connectivity index (χ0v) is 8.76. The third kappa shape index (κ3) is 1.87. The lowest BCUT2D eigenvalue weighted by molar-refractivity contribution is -0.157. The largest absolute Gasteiger partial charge is 0.464 e. The van der Waals surface area contributed by atoms with E-state index >= 15 is 0 Å². The highest BCUT2D eigenvalue weighted by molar-refractivity contribution is 5.75. The highest BCUT2D eigenvalue weighted by Gasteiger charge is 2.49. The molecule has 1 aliphatic heterocycles. The molecule has 2 rings (SSSR count). The molecule has 5 heteroatoms. The fourth-order valence-corrected chi connectivity index (χ4v) is 2.47. The molecule has 1 heterocycles. The number of carbonyl (C=O) groups is 1. The summed E-state index contributed by atoms with van der Waals surface area (Å²) >= 11 is 0. The number of ether oxygens (including phenoxy) is 2. The first-order valence-electron chi connectivity index (χ1n) is 5.39. The van der Waals surface area contributed by atoms with Gasteiger partial charge >= 0.3 is 5.97 Å². The fraction of sp³-hybridized carbons (Fsp3) is 0.900. The van der Waals surface area contributed by atoms with E-state index in [-0.39, 0.29) is 24.0 Å². The number of hydrogen-bond donors (Lipinski definition) is 2. The predicted molar refractivity (Wildman–Crippen MR) is 52.0 cm³/mol. The summed E-state index contributed by atoms with van der Waals surface area (Å²) in [6, 6.07) is -0.219. The number of rotatable bonds is 2. The molecule has 0 aromatic carbocycles.